The van der Waals surface area contributed by atoms with Gasteiger partial charge in [0.25, 0.3) is 5.56 Å². The Bertz CT molecular complexity index is 1420. The van der Waals surface area contributed by atoms with Gasteiger partial charge in [-0.3, -0.25) is 9.78 Å². The molecule has 5 aromatic rings. The Labute approximate surface area is 164 Å². The number of nitrogens with zero attached hydrogens (tertiary/aromatic N) is 4. The van der Waals surface area contributed by atoms with Gasteiger partial charge in [0.05, 0.1) is 5.69 Å². The second-order valence-electron chi connectivity index (χ2n) is 6.44. The van der Waals surface area contributed by atoms with E-state index in [9.17, 15) is 9.59 Å². The fourth-order valence-corrected chi connectivity index (χ4v) is 3.35. The van der Waals surface area contributed by atoms with Gasteiger partial charge in [-0.1, -0.05) is 54.6 Å². The third kappa shape index (κ3) is 2.76. The number of nitrogens with one attached hydrogen (secondary N) is 1. The smallest absolute Gasteiger partial charge is 0.291 e. The number of rotatable bonds is 3. The van der Waals surface area contributed by atoms with Gasteiger partial charge >= 0.3 is 5.69 Å². The summed E-state index contributed by atoms with van der Waals surface area (Å²) in [6.07, 6.45) is 1.54. The number of hydrogen-bond donors (Lipinski definition) is 1. The molecule has 0 aliphatic carbocycles. The van der Waals surface area contributed by atoms with Gasteiger partial charge < -0.3 is 0 Å². The Morgan fingerprint density at radius 2 is 1.48 bits per heavy atom. The summed E-state index contributed by atoms with van der Waals surface area (Å²) in [5.41, 5.74) is 1.32. The van der Waals surface area contributed by atoms with E-state index in [1.54, 1.807) is 22.9 Å². The standard InChI is InChI=1S/C22H15N5O2/c28-21-18-19(15-9-3-1-4-10-15)25-27(16-11-5-2-6-12-16)20(18)24-22(29)26(21)17-13-7-8-14-23-17/h1-14H,(H,24,29). The van der Waals surface area contributed by atoms with Gasteiger partial charge in [-0.05, 0) is 24.3 Å². The molecule has 0 radical (unpaired) electrons. The zero-order chi connectivity index (χ0) is 19.8. The van der Waals surface area contributed by atoms with Crippen molar-refractivity contribution >= 4 is 11.0 Å². The van der Waals surface area contributed by atoms with Crippen molar-refractivity contribution in [3.63, 3.8) is 0 Å². The van der Waals surface area contributed by atoms with Gasteiger partial charge in [0.15, 0.2) is 5.65 Å². The third-order valence-corrected chi connectivity index (χ3v) is 4.66. The zero-order valence-corrected chi connectivity index (χ0v) is 15.2. The third-order valence-electron chi connectivity index (χ3n) is 4.66. The number of hydrogen-bond acceptors (Lipinski definition) is 4. The van der Waals surface area contributed by atoms with Crippen LogP contribution in [0.25, 0.3) is 33.8 Å². The maximum Gasteiger partial charge on any atom is 0.335 e. The highest BCUT2D eigenvalue weighted by Crippen LogP contribution is 2.26. The minimum atomic E-state index is -0.571. The highest BCUT2D eigenvalue weighted by Gasteiger charge is 2.21. The molecule has 7 heteroatoms. The number of para-hydroxylation sites is 1. The molecule has 0 bridgehead atoms. The molecule has 0 saturated heterocycles. The van der Waals surface area contributed by atoms with Crippen LogP contribution in [0.4, 0.5) is 0 Å². The monoisotopic (exact) mass is 381 g/mol. The number of aromatic nitrogens is 5. The molecule has 0 amide bonds. The number of pyridine rings is 1. The van der Waals surface area contributed by atoms with Gasteiger partial charge in [0.1, 0.15) is 16.9 Å². The summed E-state index contributed by atoms with van der Waals surface area (Å²) in [6.45, 7) is 0. The number of aromatic amines is 1. The molecule has 0 unspecified atom stereocenters. The van der Waals surface area contributed by atoms with Crippen LogP contribution in [0, 0.1) is 0 Å². The molecule has 1 N–H and O–H groups in total. The lowest BCUT2D eigenvalue weighted by atomic mass is 10.1. The maximum atomic E-state index is 13.4. The second-order valence-corrected chi connectivity index (χ2v) is 6.44. The Morgan fingerprint density at radius 3 is 2.17 bits per heavy atom. The van der Waals surface area contributed by atoms with Crippen molar-refractivity contribution < 1.29 is 0 Å². The van der Waals surface area contributed by atoms with Gasteiger partial charge in [-0.25, -0.2) is 19.0 Å². The molecule has 5 rings (SSSR count). The molecular formula is C22H15N5O2. The van der Waals surface area contributed by atoms with E-state index >= 15 is 0 Å². The summed E-state index contributed by atoms with van der Waals surface area (Å²) in [4.78, 5) is 33.2. The molecule has 0 atom stereocenters. The van der Waals surface area contributed by atoms with E-state index in [4.69, 9.17) is 0 Å². The first-order valence-electron chi connectivity index (χ1n) is 9.04. The zero-order valence-electron chi connectivity index (χ0n) is 15.2. The normalized spacial score (nSPS) is 11.0. The van der Waals surface area contributed by atoms with Crippen LogP contribution in [-0.4, -0.2) is 24.3 Å². The van der Waals surface area contributed by atoms with Gasteiger partial charge in [0, 0.05) is 11.8 Å². The maximum absolute atomic E-state index is 13.4. The second kappa shape index (κ2) is 6.72. The Morgan fingerprint density at radius 1 is 0.793 bits per heavy atom. The first-order chi connectivity index (χ1) is 14.2. The van der Waals surface area contributed by atoms with Crippen molar-refractivity contribution in [1.29, 1.82) is 0 Å². The van der Waals surface area contributed by atoms with Gasteiger partial charge in [0.2, 0.25) is 0 Å². The van der Waals surface area contributed by atoms with Crippen molar-refractivity contribution in [2.24, 2.45) is 0 Å². The molecule has 7 nitrogen and oxygen atoms in total. The van der Waals surface area contributed by atoms with Gasteiger partial charge in [-0.15, -0.1) is 0 Å². The summed E-state index contributed by atoms with van der Waals surface area (Å²) < 4.78 is 2.62. The lowest BCUT2D eigenvalue weighted by Gasteiger charge is -2.05. The first-order valence-corrected chi connectivity index (χ1v) is 9.04. The van der Waals surface area contributed by atoms with Crippen molar-refractivity contribution in [1.82, 2.24) is 24.3 Å². The average molecular weight is 381 g/mol. The largest absolute Gasteiger partial charge is 0.335 e. The van der Waals surface area contributed by atoms with Crippen LogP contribution in [0.5, 0.6) is 0 Å². The fraction of sp³-hybridized carbons (Fsp3) is 0. The van der Waals surface area contributed by atoms with E-state index in [2.05, 4.69) is 15.1 Å². The van der Waals surface area contributed by atoms with Gasteiger partial charge in [-0.2, -0.15) is 5.10 Å². The molecule has 3 heterocycles. The van der Waals surface area contributed by atoms with E-state index in [0.717, 1.165) is 15.8 Å². The van der Waals surface area contributed by atoms with Crippen LogP contribution in [0.15, 0.2) is 94.6 Å². The molecule has 2 aromatic carbocycles. The summed E-state index contributed by atoms with van der Waals surface area (Å²) in [5.74, 6) is 0.257. The molecular weight excluding hydrogens is 366 g/mol. The first kappa shape index (κ1) is 16.9. The highest BCUT2D eigenvalue weighted by atomic mass is 16.2. The van der Waals surface area contributed by atoms with Crippen molar-refractivity contribution in [3.05, 3.63) is 106 Å². The molecule has 3 aromatic heterocycles. The lowest BCUT2D eigenvalue weighted by Crippen LogP contribution is -2.34. The number of H-pyrrole nitrogens is 1. The molecule has 0 saturated carbocycles. The van der Waals surface area contributed by atoms with Crippen LogP contribution in [-0.2, 0) is 0 Å². The molecule has 29 heavy (non-hydrogen) atoms. The molecule has 0 aliphatic heterocycles. The topological polar surface area (TPSA) is 85.6 Å². The Kier molecular flexibility index (Phi) is 3.91. The predicted molar refractivity (Wildman–Crippen MR) is 111 cm³/mol. The fourth-order valence-electron chi connectivity index (χ4n) is 3.35. The summed E-state index contributed by atoms with van der Waals surface area (Å²) in [6, 6.07) is 23.9. The van der Waals surface area contributed by atoms with Crippen molar-refractivity contribution in [2.45, 2.75) is 0 Å². The number of fused-ring (bicyclic) bond motifs is 1. The molecule has 0 aliphatic rings. The van der Waals surface area contributed by atoms with Crippen LogP contribution in [0.2, 0.25) is 0 Å². The SMILES string of the molecule is O=c1[nH]c2c(c(-c3ccccc3)nn2-c2ccccc2)c(=O)n1-c1ccccn1. The number of benzene rings is 2. The van der Waals surface area contributed by atoms with E-state index in [-0.39, 0.29) is 5.82 Å². The average Bonchev–Trinajstić information content (AvgIpc) is 3.15. The molecule has 0 fully saturated rings. The predicted octanol–water partition coefficient (Wildman–Crippen LogP) is 2.93. The van der Waals surface area contributed by atoms with Crippen LogP contribution in [0.1, 0.15) is 0 Å². The highest BCUT2D eigenvalue weighted by molar-refractivity contribution is 5.91. The van der Waals surface area contributed by atoms with Crippen molar-refractivity contribution in [3.8, 4) is 22.8 Å². The van der Waals surface area contributed by atoms with E-state index in [1.165, 1.54) is 6.20 Å². The molecule has 140 valence electrons. The van der Waals surface area contributed by atoms with Crippen LogP contribution < -0.4 is 11.2 Å². The van der Waals surface area contributed by atoms with Crippen LogP contribution in [0.3, 0.4) is 0 Å². The van der Waals surface area contributed by atoms with Crippen molar-refractivity contribution in [2.75, 3.05) is 0 Å². The molecule has 0 spiro atoms. The minimum Gasteiger partial charge on any atom is -0.291 e. The Balaban J connectivity index is 1.91. The van der Waals surface area contributed by atoms with E-state index in [0.29, 0.717) is 16.7 Å². The lowest BCUT2D eigenvalue weighted by molar-refractivity contribution is 0.846. The van der Waals surface area contributed by atoms with Crippen LogP contribution >= 0.6 is 0 Å². The van der Waals surface area contributed by atoms with E-state index < -0.39 is 11.2 Å². The van der Waals surface area contributed by atoms with E-state index in [1.807, 2.05) is 60.7 Å². The summed E-state index contributed by atoms with van der Waals surface area (Å²) in [7, 11) is 0. The quantitative estimate of drug-likeness (QED) is 0.521. The minimum absolute atomic E-state index is 0.257. The summed E-state index contributed by atoms with van der Waals surface area (Å²) >= 11 is 0. The summed E-state index contributed by atoms with van der Waals surface area (Å²) in [5, 5.41) is 5.00. The Hall–Kier alpha value is -4.26.